The zero-order chi connectivity index (χ0) is 13.9. The van der Waals surface area contributed by atoms with E-state index in [1.165, 1.54) is 0 Å². The molecule has 19 heavy (non-hydrogen) atoms. The molecule has 0 aromatic rings. The number of rotatable bonds is 5. The van der Waals surface area contributed by atoms with Crippen molar-refractivity contribution in [3.63, 3.8) is 0 Å². The third-order valence-electron chi connectivity index (χ3n) is 3.66. The smallest absolute Gasteiger partial charge is 0.327 e. The first-order chi connectivity index (χ1) is 8.97. The van der Waals surface area contributed by atoms with Gasteiger partial charge < -0.3 is 9.47 Å². The molecule has 0 bridgehead atoms. The van der Waals surface area contributed by atoms with Gasteiger partial charge in [-0.1, -0.05) is 0 Å². The Morgan fingerprint density at radius 1 is 1.53 bits per heavy atom. The van der Waals surface area contributed by atoms with Gasteiger partial charge in [0.25, 0.3) is 0 Å². The number of carbonyl (C=O) groups excluding carboxylic acids is 1. The van der Waals surface area contributed by atoms with Crippen LogP contribution in [0.5, 0.6) is 0 Å². The van der Waals surface area contributed by atoms with E-state index in [0.29, 0.717) is 6.54 Å². The molecule has 0 radical (unpaired) electrons. The van der Waals surface area contributed by atoms with Gasteiger partial charge in [-0.3, -0.25) is 10.1 Å². The van der Waals surface area contributed by atoms with Gasteiger partial charge in [0.1, 0.15) is 5.54 Å². The monoisotopic (exact) mass is 291 g/mol. The van der Waals surface area contributed by atoms with E-state index in [0.717, 1.165) is 19.4 Å². The Kier molecular flexibility index (Phi) is 4.47. The number of carbonyl (C=O) groups is 1. The third kappa shape index (κ3) is 3.46. The van der Waals surface area contributed by atoms with Crippen LogP contribution in [0, 0.1) is 0 Å². The maximum Gasteiger partial charge on any atom is 0.327 e. The highest BCUT2D eigenvalue weighted by atomic mass is 32.2. The zero-order valence-electron chi connectivity index (χ0n) is 11.2. The highest BCUT2D eigenvalue weighted by Crippen LogP contribution is 2.26. The van der Waals surface area contributed by atoms with Crippen LogP contribution in [0.25, 0.3) is 0 Å². The van der Waals surface area contributed by atoms with Crippen molar-refractivity contribution in [2.75, 3.05) is 31.3 Å². The molecular weight excluding hydrogens is 270 g/mol. The Bertz CT molecular complexity index is 429. The van der Waals surface area contributed by atoms with Crippen LogP contribution >= 0.6 is 0 Å². The summed E-state index contributed by atoms with van der Waals surface area (Å²) in [6.07, 6.45) is 2.30. The van der Waals surface area contributed by atoms with E-state index in [2.05, 4.69) is 5.32 Å². The lowest BCUT2D eigenvalue weighted by atomic mass is 9.98. The molecule has 0 aromatic heterocycles. The van der Waals surface area contributed by atoms with E-state index >= 15 is 0 Å². The summed E-state index contributed by atoms with van der Waals surface area (Å²) in [5.41, 5.74) is -1.08. The predicted octanol–water partition coefficient (Wildman–Crippen LogP) is -0.125. The minimum absolute atomic E-state index is 0.0321. The summed E-state index contributed by atoms with van der Waals surface area (Å²) in [6.45, 7) is 3.20. The maximum atomic E-state index is 12.1. The number of nitrogens with one attached hydrogen (secondary N) is 1. The highest BCUT2D eigenvalue weighted by molar-refractivity contribution is 7.91. The Morgan fingerprint density at radius 2 is 2.32 bits per heavy atom. The fourth-order valence-corrected chi connectivity index (χ4v) is 4.52. The summed E-state index contributed by atoms with van der Waals surface area (Å²) in [5.74, 6) is -0.607. The average Bonchev–Trinajstić information content (AvgIpc) is 2.95. The summed E-state index contributed by atoms with van der Waals surface area (Å²) < 4.78 is 33.9. The minimum Gasteiger partial charge on any atom is -0.465 e. The topological polar surface area (TPSA) is 81.7 Å². The van der Waals surface area contributed by atoms with Gasteiger partial charge in [-0.05, 0) is 26.2 Å². The van der Waals surface area contributed by atoms with Gasteiger partial charge >= 0.3 is 5.97 Å². The quantitative estimate of drug-likeness (QED) is 0.711. The molecule has 2 unspecified atom stereocenters. The van der Waals surface area contributed by atoms with Gasteiger partial charge in [0.15, 0.2) is 9.84 Å². The van der Waals surface area contributed by atoms with Crippen LogP contribution in [0.3, 0.4) is 0 Å². The van der Waals surface area contributed by atoms with Crippen molar-refractivity contribution in [1.82, 2.24) is 5.32 Å². The fourth-order valence-electron chi connectivity index (χ4n) is 2.61. The summed E-state index contributed by atoms with van der Waals surface area (Å²) in [6, 6.07) is 0. The molecule has 1 N–H and O–H groups in total. The highest BCUT2D eigenvalue weighted by Gasteiger charge is 2.49. The van der Waals surface area contributed by atoms with Crippen LogP contribution in [-0.2, 0) is 24.1 Å². The van der Waals surface area contributed by atoms with Crippen LogP contribution in [0.4, 0.5) is 0 Å². The van der Waals surface area contributed by atoms with Crippen LogP contribution in [0.1, 0.15) is 26.2 Å². The first-order valence-electron chi connectivity index (χ1n) is 6.72. The molecule has 0 spiro atoms. The van der Waals surface area contributed by atoms with Gasteiger partial charge in [0.2, 0.25) is 0 Å². The van der Waals surface area contributed by atoms with E-state index in [-0.39, 0.29) is 30.6 Å². The Labute approximate surface area is 113 Å². The van der Waals surface area contributed by atoms with Crippen molar-refractivity contribution < 1.29 is 22.7 Å². The summed E-state index contributed by atoms with van der Waals surface area (Å²) >= 11 is 0. The van der Waals surface area contributed by atoms with Gasteiger partial charge in [-0.15, -0.1) is 0 Å². The zero-order valence-corrected chi connectivity index (χ0v) is 12.0. The number of hydrogen-bond acceptors (Lipinski definition) is 6. The molecule has 6 nitrogen and oxygen atoms in total. The SMILES string of the molecule is CCOC(=O)C1(NCC2CCCO2)CCS(=O)(=O)C1. The Morgan fingerprint density at radius 3 is 2.84 bits per heavy atom. The molecule has 0 saturated carbocycles. The standard InChI is InChI=1S/C12H21NO5S/c1-2-17-11(14)12(5-7-19(15,16)9-12)13-8-10-4-3-6-18-10/h10,13H,2-9H2,1H3. The van der Waals surface area contributed by atoms with E-state index in [4.69, 9.17) is 9.47 Å². The molecule has 7 heteroatoms. The van der Waals surface area contributed by atoms with E-state index < -0.39 is 21.3 Å². The predicted molar refractivity (Wildman–Crippen MR) is 69.6 cm³/mol. The van der Waals surface area contributed by atoms with Crippen molar-refractivity contribution >= 4 is 15.8 Å². The normalized spacial score (nSPS) is 33.4. The van der Waals surface area contributed by atoms with Crippen molar-refractivity contribution in [3.8, 4) is 0 Å². The summed E-state index contributed by atoms with van der Waals surface area (Å²) in [4.78, 5) is 12.1. The second kappa shape index (κ2) is 5.76. The molecule has 0 amide bonds. The third-order valence-corrected chi connectivity index (χ3v) is 5.42. The first kappa shape index (κ1) is 14.7. The van der Waals surface area contributed by atoms with Crippen LogP contribution < -0.4 is 5.32 Å². The molecule has 2 aliphatic rings. The molecular formula is C12H21NO5S. The molecule has 110 valence electrons. The van der Waals surface area contributed by atoms with Crippen LogP contribution in [-0.4, -0.2) is 57.3 Å². The van der Waals surface area contributed by atoms with Crippen molar-refractivity contribution in [2.45, 2.75) is 37.8 Å². The Balaban J connectivity index is 2.04. The lowest BCUT2D eigenvalue weighted by molar-refractivity contribution is -0.150. The summed E-state index contributed by atoms with van der Waals surface area (Å²) in [7, 11) is -3.17. The number of esters is 1. The maximum absolute atomic E-state index is 12.1. The van der Waals surface area contributed by atoms with E-state index in [9.17, 15) is 13.2 Å². The van der Waals surface area contributed by atoms with Gasteiger partial charge in [0.05, 0.1) is 24.2 Å². The van der Waals surface area contributed by atoms with Crippen molar-refractivity contribution in [3.05, 3.63) is 0 Å². The lowest BCUT2D eigenvalue weighted by Gasteiger charge is -2.28. The van der Waals surface area contributed by atoms with E-state index in [1.54, 1.807) is 6.92 Å². The molecule has 2 rings (SSSR count). The van der Waals surface area contributed by atoms with Gasteiger partial charge in [0, 0.05) is 13.2 Å². The minimum atomic E-state index is -3.17. The molecule has 2 saturated heterocycles. The summed E-state index contributed by atoms with van der Waals surface area (Å²) in [5, 5.41) is 3.10. The number of ether oxygens (including phenoxy) is 2. The lowest BCUT2D eigenvalue weighted by Crippen LogP contribution is -2.55. The van der Waals surface area contributed by atoms with Crippen LogP contribution in [0.15, 0.2) is 0 Å². The van der Waals surface area contributed by atoms with Crippen molar-refractivity contribution in [2.24, 2.45) is 0 Å². The second-order valence-corrected chi connectivity index (χ2v) is 7.34. The number of sulfone groups is 1. The van der Waals surface area contributed by atoms with Gasteiger partial charge in [-0.25, -0.2) is 8.42 Å². The molecule has 2 heterocycles. The molecule has 2 aliphatic heterocycles. The Hall–Kier alpha value is -0.660. The molecule has 0 aliphatic carbocycles. The van der Waals surface area contributed by atoms with Crippen molar-refractivity contribution in [1.29, 1.82) is 0 Å². The average molecular weight is 291 g/mol. The van der Waals surface area contributed by atoms with Crippen LogP contribution in [0.2, 0.25) is 0 Å². The number of hydrogen-bond donors (Lipinski definition) is 1. The second-order valence-electron chi connectivity index (χ2n) is 5.16. The first-order valence-corrected chi connectivity index (χ1v) is 8.54. The van der Waals surface area contributed by atoms with E-state index in [1.807, 2.05) is 0 Å². The largest absolute Gasteiger partial charge is 0.465 e. The van der Waals surface area contributed by atoms with Gasteiger partial charge in [-0.2, -0.15) is 0 Å². The fraction of sp³-hybridized carbons (Fsp3) is 0.917. The molecule has 2 fully saturated rings. The molecule has 0 aromatic carbocycles. The molecule has 2 atom stereocenters.